The molecule has 5 atom stereocenters. The van der Waals surface area contributed by atoms with Gasteiger partial charge < -0.3 is 10.6 Å². The summed E-state index contributed by atoms with van der Waals surface area (Å²) in [4.78, 5) is 31.8. The number of guanidine groups is 1. The lowest BCUT2D eigenvalue weighted by Gasteiger charge is -2.29. The van der Waals surface area contributed by atoms with Crippen molar-refractivity contribution in [3.63, 3.8) is 0 Å². The second kappa shape index (κ2) is 7.89. The highest BCUT2D eigenvalue weighted by molar-refractivity contribution is 6.06. The van der Waals surface area contributed by atoms with Crippen LogP contribution in [0.2, 0.25) is 0 Å². The van der Waals surface area contributed by atoms with Crippen molar-refractivity contribution in [3.8, 4) is 0 Å². The Morgan fingerprint density at radius 1 is 1.10 bits per heavy atom. The average molecular weight is 407 g/mol. The number of aliphatic imine (C=N–C) groups is 1. The number of carbonyl (C=O) groups is 2. The summed E-state index contributed by atoms with van der Waals surface area (Å²) in [6.45, 7) is 4.81. The standard InChI is InChI=1S/C24H30N4O2/c1-2-25-24(27-14-18-12-15-6-3-4-7-19(15)18)26-10-5-11-28-22(29)20-16-8-9-17(13-16)21(20)23(28)30/h3-4,6-9,16-18,20-21H,2,5,10-14H2,1H3,(H2,25,26,27). The molecular weight excluding hydrogens is 376 g/mol. The van der Waals surface area contributed by atoms with Gasteiger partial charge in [-0.05, 0) is 49.1 Å². The third-order valence-electron chi connectivity index (χ3n) is 7.19. The fraction of sp³-hybridized carbons (Fsp3) is 0.542. The summed E-state index contributed by atoms with van der Waals surface area (Å²) < 4.78 is 0. The fourth-order valence-electron chi connectivity index (χ4n) is 5.70. The predicted molar refractivity (Wildman–Crippen MR) is 116 cm³/mol. The average Bonchev–Trinajstić information content (AvgIpc) is 3.41. The van der Waals surface area contributed by atoms with E-state index in [4.69, 9.17) is 4.99 Å². The van der Waals surface area contributed by atoms with Gasteiger partial charge in [-0.3, -0.25) is 19.5 Å². The van der Waals surface area contributed by atoms with Crippen molar-refractivity contribution in [1.82, 2.24) is 15.5 Å². The molecule has 0 spiro atoms. The number of carbonyl (C=O) groups excluding carboxylic acids is 2. The first-order valence-electron chi connectivity index (χ1n) is 11.3. The molecule has 1 aromatic rings. The molecule has 2 fully saturated rings. The Kier molecular flexibility index (Phi) is 5.09. The second-order valence-corrected chi connectivity index (χ2v) is 8.93. The van der Waals surface area contributed by atoms with Crippen molar-refractivity contribution in [2.24, 2.45) is 28.7 Å². The van der Waals surface area contributed by atoms with Crippen LogP contribution in [-0.4, -0.2) is 48.9 Å². The maximum Gasteiger partial charge on any atom is 0.233 e. The third kappa shape index (κ3) is 3.22. The van der Waals surface area contributed by atoms with E-state index >= 15 is 0 Å². The first-order chi connectivity index (χ1) is 14.7. The summed E-state index contributed by atoms with van der Waals surface area (Å²) in [5, 5.41) is 6.65. The van der Waals surface area contributed by atoms with Gasteiger partial charge in [0.25, 0.3) is 0 Å². The minimum atomic E-state index is -0.0929. The van der Waals surface area contributed by atoms with E-state index in [9.17, 15) is 9.59 Å². The summed E-state index contributed by atoms with van der Waals surface area (Å²) >= 11 is 0. The molecule has 30 heavy (non-hydrogen) atoms. The maximum atomic E-state index is 12.8. The SMILES string of the molecule is CCNC(=NCC1Cc2ccccc21)NCCCN1C(=O)C2C3C=CC(C3)C2C1=O. The number of nitrogens with one attached hydrogen (secondary N) is 2. The number of amides is 2. The Labute approximate surface area is 177 Å². The van der Waals surface area contributed by atoms with Gasteiger partial charge >= 0.3 is 0 Å². The molecular formula is C24H30N4O2. The minimum Gasteiger partial charge on any atom is -0.357 e. The summed E-state index contributed by atoms with van der Waals surface area (Å²) in [6, 6.07) is 8.57. The minimum absolute atomic E-state index is 0.0473. The predicted octanol–water partition coefficient (Wildman–Crippen LogP) is 2.08. The van der Waals surface area contributed by atoms with Crippen LogP contribution in [0, 0.1) is 23.7 Å². The van der Waals surface area contributed by atoms with Crippen molar-refractivity contribution in [3.05, 3.63) is 47.5 Å². The van der Waals surface area contributed by atoms with Crippen molar-refractivity contribution < 1.29 is 9.59 Å². The Bertz CT molecular complexity index is 878. The summed E-state index contributed by atoms with van der Waals surface area (Å²) in [7, 11) is 0. The number of fused-ring (bicyclic) bond motifs is 6. The van der Waals surface area contributed by atoms with Gasteiger partial charge in [0.15, 0.2) is 5.96 Å². The largest absolute Gasteiger partial charge is 0.357 e. The van der Waals surface area contributed by atoms with Crippen LogP contribution < -0.4 is 10.6 Å². The lowest BCUT2D eigenvalue weighted by molar-refractivity contribution is -0.140. The van der Waals surface area contributed by atoms with Gasteiger partial charge in [-0.1, -0.05) is 36.4 Å². The van der Waals surface area contributed by atoms with E-state index in [1.165, 1.54) is 16.0 Å². The van der Waals surface area contributed by atoms with E-state index in [0.29, 0.717) is 19.0 Å². The molecule has 1 aliphatic heterocycles. The monoisotopic (exact) mass is 406 g/mol. The first-order valence-corrected chi connectivity index (χ1v) is 11.3. The van der Waals surface area contributed by atoms with Crippen LogP contribution in [-0.2, 0) is 16.0 Å². The fourth-order valence-corrected chi connectivity index (χ4v) is 5.70. The van der Waals surface area contributed by atoms with E-state index in [2.05, 4.69) is 54.0 Å². The van der Waals surface area contributed by atoms with E-state index in [1.807, 2.05) is 0 Å². The molecule has 0 aromatic heterocycles. The molecule has 4 aliphatic rings. The highest BCUT2D eigenvalue weighted by Gasteiger charge is 2.58. The number of allylic oxidation sites excluding steroid dienone is 2. The molecule has 3 aliphatic carbocycles. The molecule has 1 saturated heterocycles. The topological polar surface area (TPSA) is 73.8 Å². The zero-order valence-electron chi connectivity index (χ0n) is 17.5. The number of hydrogen-bond donors (Lipinski definition) is 2. The van der Waals surface area contributed by atoms with Crippen LogP contribution in [0.15, 0.2) is 41.4 Å². The highest BCUT2D eigenvalue weighted by Crippen LogP contribution is 2.52. The molecule has 0 radical (unpaired) electrons. The number of likely N-dealkylation sites (tertiary alicyclic amines) is 1. The van der Waals surface area contributed by atoms with Crippen LogP contribution in [0.5, 0.6) is 0 Å². The molecule has 1 saturated carbocycles. The smallest absolute Gasteiger partial charge is 0.233 e. The molecule has 6 nitrogen and oxygen atoms in total. The van der Waals surface area contributed by atoms with Crippen LogP contribution in [0.4, 0.5) is 0 Å². The lowest BCUT2D eigenvalue weighted by atomic mass is 9.78. The summed E-state index contributed by atoms with van der Waals surface area (Å²) in [5.74, 6) is 1.78. The first kappa shape index (κ1) is 19.3. The number of nitrogens with zero attached hydrogens (tertiary/aromatic N) is 2. The summed E-state index contributed by atoms with van der Waals surface area (Å²) in [5.41, 5.74) is 2.85. The van der Waals surface area contributed by atoms with Gasteiger partial charge in [0.2, 0.25) is 11.8 Å². The van der Waals surface area contributed by atoms with Gasteiger partial charge in [-0.2, -0.15) is 0 Å². The molecule has 2 amide bonds. The van der Waals surface area contributed by atoms with E-state index in [1.54, 1.807) is 0 Å². The molecule has 158 valence electrons. The highest BCUT2D eigenvalue weighted by atomic mass is 16.2. The molecule has 2 bridgehead atoms. The Morgan fingerprint density at radius 3 is 2.53 bits per heavy atom. The lowest BCUT2D eigenvalue weighted by Crippen LogP contribution is -2.40. The zero-order valence-corrected chi connectivity index (χ0v) is 17.5. The molecule has 1 aromatic carbocycles. The number of rotatable bonds is 7. The van der Waals surface area contributed by atoms with Gasteiger partial charge in [-0.25, -0.2) is 0 Å². The van der Waals surface area contributed by atoms with Crippen molar-refractivity contribution in [2.75, 3.05) is 26.2 Å². The molecule has 5 unspecified atom stereocenters. The zero-order chi connectivity index (χ0) is 20.7. The van der Waals surface area contributed by atoms with Gasteiger partial charge in [0, 0.05) is 32.1 Å². The van der Waals surface area contributed by atoms with Gasteiger partial charge in [0.05, 0.1) is 11.8 Å². The van der Waals surface area contributed by atoms with E-state index in [0.717, 1.165) is 38.3 Å². The summed E-state index contributed by atoms with van der Waals surface area (Å²) in [6.07, 6.45) is 7.09. The Hall–Kier alpha value is -2.63. The van der Waals surface area contributed by atoms with Crippen LogP contribution in [0.25, 0.3) is 0 Å². The normalized spacial score (nSPS) is 31.0. The Morgan fingerprint density at radius 2 is 1.83 bits per heavy atom. The number of benzene rings is 1. The quantitative estimate of drug-likeness (QED) is 0.239. The van der Waals surface area contributed by atoms with E-state index < -0.39 is 0 Å². The van der Waals surface area contributed by atoms with Crippen molar-refractivity contribution in [2.45, 2.75) is 32.1 Å². The van der Waals surface area contributed by atoms with Crippen molar-refractivity contribution in [1.29, 1.82) is 0 Å². The number of imide groups is 1. The molecule has 6 heteroatoms. The van der Waals surface area contributed by atoms with Crippen LogP contribution >= 0.6 is 0 Å². The van der Waals surface area contributed by atoms with Gasteiger partial charge in [-0.15, -0.1) is 0 Å². The third-order valence-corrected chi connectivity index (χ3v) is 7.19. The molecule has 1 heterocycles. The van der Waals surface area contributed by atoms with Crippen LogP contribution in [0.1, 0.15) is 36.8 Å². The van der Waals surface area contributed by atoms with Crippen molar-refractivity contribution >= 4 is 17.8 Å². The van der Waals surface area contributed by atoms with Crippen LogP contribution in [0.3, 0.4) is 0 Å². The second-order valence-electron chi connectivity index (χ2n) is 8.93. The Balaban J connectivity index is 1.10. The van der Waals surface area contributed by atoms with E-state index in [-0.39, 0.29) is 35.5 Å². The molecule has 2 N–H and O–H groups in total. The maximum absolute atomic E-state index is 12.8. The van der Waals surface area contributed by atoms with Gasteiger partial charge in [0.1, 0.15) is 0 Å². The molecule has 5 rings (SSSR count). The number of hydrogen-bond acceptors (Lipinski definition) is 3.